The van der Waals surface area contributed by atoms with Crippen molar-refractivity contribution in [1.29, 1.82) is 0 Å². The number of ether oxygens (including phenoxy) is 2. The summed E-state index contributed by atoms with van der Waals surface area (Å²) in [7, 11) is 1.55. The zero-order chi connectivity index (χ0) is 25.1. The molecule has 3 amide bonds. The second-order valence-electron chi connectivity index (χ2n) is 10.9. The summed E-state index contributed by atoms with van der Waals surface area (Å²) in [6, 6.07) is 6.21. The second-order valence-corrected chi connectivity index (χ2v) is 10.9. The fourth-order valence-electron chi connectivity index (χ4n) is 4.56. The van der Waals surface area contributed by atoms with Gasteiger partial charge in [0.1, 0.15) is 17.5 Å². The van der Waals surface area contributed by atoms with Crippen LogP contribution in [0.2, 0.25) is 0 Å². The summed E-state index contributed by atoms with van der Waals surface area (Å²) < 4.78 is 11.5. The molecular formula is C26H39N3O5. The Kier molecular flexibility index (Phi) is 7.91. The number of amides is 3. The van der Waals surface area contributed by atoms with Crippen LogP contribution in [0.4, 0.5) is 0 Å². The molecule has 0 aliphatic carbocycles. The molecule has 2 saturated heterocycles. The Morgan fingerprint density at radius 1 is 1.21 bits per heavy atom. The summed E-state index contributed by atoms with van der Waals surface area (Å²) in [6.07, 6.45) is 1.40. The van der Waals surface area contributed by atoms with Crippen molar-refractivity contribution in [2.45, 2.75) is 65.6 Å². The zero-order valence-electron chi connectivity index (χ0n) is 21.3. The van der Waals surface area contributed by atoms with Gasteiger partial charge in [-0.1, -0.05) is 40.7 Å². The summed E-state index contributed by atoms with van der Waals surface area (Å²) >= 11 is 0. The minimum atomic E-state index is -0.918. The third-order valence-corrected chi connectivity index (χ3v) is 6.36. The van der Waals surface area contributed by atoms with Crippen LogP contribution in [0.5, 0.6) is 5.75 Å². The molecule has 2 aliphatic heterocycles. The molecule has 2 heterocycles. The van der Waals surface area contributed by atoms with Crippen molar-refractivity contribution in [3.8, 4) is 5.75 Å². The molecule has 2 fully saturated rings. The van der Waals surface area contributed by atoms with Crippen molar-refractivity contribution in [2.75, 3.05) is 33.4 Å². The minimum Gasteiger partial charge on any atom is -0.497 e. The third-order valence-electron chi connectivity index (χ3n) is 6.36. The van der Waals surface area contributed by atoms with E-state index in [-0.39, 0.29) is 29.7 Å². The van der Waals surface area contributed by atoms with Gasteiger partial charge in [-0.15, -0.1) is 0 Å². The Morgan fingerprint density at radius 2 is 1.88 bits per heavy atom. The first-order valence-electron chi connectivity index (χ1n) is 12.1. The van der Waals surface area contributed by atoms with Crippen LogP contribution in [-0.4, -0.2) is 72.6 Å². The number of nitrogens with zero attached hydrogens (tertiary/aromatic N) is 2. The summed E-state index contributed by atoms with van der Waals surface area (Å²) in [5.41, 5.74) is -0.570. The number of likely N-dealkylation sites (tertiary alicyclic amines) is 1. The normalized spacial score (nSPS) is 20.0. The molecule has 34 heavy (non-hydrogen) atoms. The standard InChI is InChI=1S/C26H39N3O5/c1-18(2)16-27-23(31)21-17-34-26(10-12-28(13-11-26)22(30)15-25(3,4)5)29(21)24(32)19-8-7-9-20(14-19)33-6/h7-9,14,18,21H,10-13,15-17H2,1-6H3,(H,27,31)/t21-/m0/s1. The Morgan fingerprint density at radius 3 is 2.47 bits per heavy atom. The largest absolute Gasteiger partial charge is 0.497 e. The molecule has 0 aromatic heterocycles. The fourth-order valence-corrected chi connectivity index (χ4v) is 4.56. The van der Waals surface area contributed by atoms with Gasteiger partial charge in [-0.2, -0.15) is 0 Å². The molecule has 8 nitrogen and oxygen atoms in total. The van der Waals surface area contributed by atoms with Crippen molar-refractivity contribution < 1.29 is 23.9 Å². The maximum absolute atomic E-state index is 13.8. The van der Waals surface area contributed by atoms with E-state index in [2.05, 4.69) is 5.32 Å². The van der Waals surface area contributed by atoms with E-state index >= 15 is 0 Å². The molecule has 1 aromatic rings. The Labute approximate surface area is 202 Å². The first-order chi connectivity index (χ1) is 16.0. The Balaban J connectivity index is 1.85. The fraction of sp³-hybridized carbons (Fsp3) is 0.654. The zero-order valence-corrected chi connectivity index (χ0v) is 21.3. The predicted molar refractivity (Wildman–Crippen MR) is 129 cm³/mol. The van der Waals surface area contributed by atoms with Gasteiger partial charge in [-0.25, -0.2) is 0 Å². The molecular weight excluding hydrogens is 434 g/mol. The minimum absolute atomic E-state index is 0.0932. The molecule has 188 valence electrons. The number of piperidine rings is 1. The average molecular weight is 474 g/mol. The van der Waals surface area contributed by atoms with Gasteiger partial charge in [0.15, 0.2) is 0 Å². The van der Waals surface area contributed by atoms with Crippen molar-refractivity contribution in [2.24, 2.45) is 11.3 Å². The highest BCUT2D eigenvalue weighted by Gasteiger charge is 2.54. The van der Waals surface area contributed by atoms with Gasteiger partial charge >= 0.3 is 0 Å². The lowest BCUT2D eigenvalue weighted by Crippen LogP contribution is -2.60. The van der Waals surface area contributed by atoms with Gasteiger partial charge in [0.25, 0.3) is 5.91 Å². The maximum atomic E-state index is 13.8. The Hall–Kier alpha value is -2.61. The lowest BCUT2D eigenvalue weighted by Gasteiger charge is -2.45. The smallest absolute Gasteiger partial charge is 0.257 e. The van der Waals surface area contributed by atoms with E-state index in [0.29, 0.717) is 56.1 Å². The number of hydrogen-bond acceptors (Lipinski definition) is 5. The monoisotopic (exact) mass is 473 g/mol. The van der Waals surface area contributed by atoms with Gasteiger partial charge in [0.2, 0.25) is 11.8 Å². The number of carbonyl (C=O) groups excluding carboxylic acids is 3. The molecule has 0 unspecified atom stereocenters. The molecule has 1 aromatic carbocycles. The maximum Gasteiger partial charge on any atom is 0.257 e. The van der Waals surface area contributed by atoms with Crippen LogP contribution >= 0.6 is 0 Å². The summed E-state index contributed by atoms with van der Waals surface area (Å²) in [6.45, 7) is 11.8. The van der Waals surface area contributed by atoms with Crippen LogP contribution in [-0.2, 0) is 14.3 Å². The molecule has 3 rings (SSSR count). The molecule has 1 atom stereocenters. The van der Waals surface area contributed by atoms with Crippen LogP contribution in [0.15, 0.2) is 24.3 Å². The average Bonchev–Trinajstić information content (AvgIpc) is 3.14. The number of rotatable bonds is 6. The van der Waals surface area contributed by atoms with Crippen molar-refractivity contribution in [3.63, 3.8) is 0 Å². The summed E-state index contributed by atoms with van der Waals surface area (Å²) in [5.74, 6) is 0.490. The van der Waals surface area contributed by atoms with Crippen LogP contribution in [0, 0.1) is 11.3 Å². The van der Waals surface area contributed by atoms with Gasteiger partial charge in [0.05, 0.1) is 13.7 Å². The number of nitrogens with one attached hydrogen (secondary N) is 1. The number of methoxy groups -OCH3 is 1. The van der Waals surface area contributed by atoms with Crippen LogP contribution in [0.25, 0.3) is 0 Å². The highest BCUT2D eigenvalue weighted by molar-refractivity contribution is 5.98. The van der Waals surface area contributed by atoms with Gasteiger partial charge < -0.3 is 19.7 Å². The van der Waals surface area contributed by atoms with Crippen LogP contribution in [0.1, 0.15) is 64.2 Å². The highest BCUT2D eigenvalue weighted by atomic mass is 16.5. The van der Waals surface area contributed by atoms with E-state index in [1.54, 1.807) is 36.3 Å². The van der Waals surface area contributed by atoms with E-state index < -0.39 is 11.8 Å². The first kappa shape index (κ1) is 26.0. The van der Waals surface area contributed by atoms with E-state index in [4.69, 9.17) is 9.47 Å². The molecule has 2 aliphatic rings. The quantitative estimate of drug-likeness (QED) is 0.686. The number of hydrogen-bond donors (Lipinski definition) is 1. The molecule has 0 bridgehead atoms. The first-order valence-corrected chi connectivity index (χ1v) is 12.1. The van der Waals surface area contributed by atoms with Crippen molar-refractivity contribution in [1.82, 2.24) is 15.1 Å². The van der Waals surface area contributed by atoms with E-state index in [1.165, 1.54) is 0 Å². The van der Waals surface area contributed by atoms with Crippen molar-refractivity contribution >= 4 is 17.7 Å². The van der Waals surface area contributed by atoms with Gasteiger partial charge in [-0.05, 0) is 29.5 Å². The predicted octanol–water partition coefficient (Wildman–Crippen LogP) is 3.06. The van der Waals surface area contributed by atoms with E-state index in [1.807, 2.05) is 39.5 Å². The number of carbonyl (C=O) groups is 3. The SMILES string of the molecule is COc1cccc(C(=O)N2[C@H](C(=O)NCC(C)C)COC23CCN(C(=O)CC(C)(C)C)CC3)c1. The third kappa shape index (κ3) is 5.90. The van der Waals surface area contributed by atoms with Crippen molar-refractivity contribution in [3.05, 3.63) is 29.8 Å². The van der Waals surface area contributed by atoms with Crippen LogP contribution < -0.4 is 10.1 Å². The summed E-state index contributed by atoms with van der Waals surface area (Å²) in [4.78, 5) is 43.1. The summed E-state index contributed by atoms with van der Waals surface area (Å²) in [5, 5.41) is 2.96. The van der Waals surface area contributed by atoms with Crippen LogP contribution in [0.3, 0.4) is 0 Å². The molecule has 1 N–H and O–H groups in total. The molecule has 0 saturated carbocycles. The lowest BCUT2D eigenvalue weighted by atomic mass is 9.90. The van der Waals surface area contributed by atoms with E-state index in [0.717, 1.165) is 0 Å². The second kappa shape index (κ2) is 10.3. The van der Waals surface area contributed by atoms with E-state index in [9.17, 15) is 14.4 Å². The highest BCUT2D eigenvalue weighted by Crippen LogP contribution is 2.39. The molecule has 8 heteroatoms. The topological polar surface area (TPSA) is 88.2 Å². The Bertz CT molecular complexity index is 900. The van der Waals surface area contributed by atoms with Gasteiger partial charge in [-0.3, -0.25) is 19.3 Å². The molecule has 0 radical (unpaired) electrons. The molecule has 1 spiro atoms. The van der Waals surface area contributed by atoms with Gasteiger partial charge in [0, 0.05) is 44.5 Å². The lowest BCUT2D eigenvalue weighted by molar-refractivity contribution is -0.145. The number of benzene rings is 1.